The van der Waals surface area contributed by atoms with Crippen LogP contribution in [0.15, 0.2) is 247 Å². The Hall–Kier alpha value is -8.66. The third-order valence-electron chi connectivity index (χ3n) is 13.2. The summed E-state index contributed by atoms with van der Waals surface area (Å²) in [4.78, 5) is 2.39. The zero-order valence-corrected chi connectivity index (χ0v) is 35.4. The van der Waals surface area contributed by atoms with Gasteiger partial charge in [-0.3, -0.25) is 0 Å². The second-order valence-corrected chi connectivity index (χ2v) is 16.8. The highest BCUT2D eigenvalue weighted by Crippen LogP contribution is 2.46. The Labute approximate surface area is 376 Å². The SMILES string of the molecule is c1ccc(N(c2ccc(-c3ccccc3-n3c4ccccc4c4ccccc43)cc2)c2ccc(-c3cc4ccccc4c4ccccc34)cc2)c(-c2cccc3c2oc2ccccc23)c1. The number of furan rings is 1. The molecule has 65 heavy (non-hydrogen) atoms. The van der Waals surface area contributed by atoms with E-state index in [1.54, 1.807) is 0 Å². The van der Waals surface area contributed by atoms with Crippen molar-refractivity contribution in [1.29, 1.82) is 0 Å². The van der Waals surface area contributed by atoms with E-state index in [-0.39, 0.29) is 0 Å². The van der Waals surface area contributed by atoms with Crippen LogP contribution in [0.4, 0.5) is 17.1 Å². The minimum atomic E-state index is 0.886. The average molecular weight is 829 g/mol. The van der Waals surface area contributed by atoms with Gasteiger partial charge in [-0.2, -0.15) is 0 Å². The van der Waals surface area contributed by atoms with Gasteiger partial charge in [0.25, 0.3) is 0 Å². The number of hydrogen-bond donors (Lipinski definition) is 0. The number of rotatable bonds is 7. The van der Waals surface area contributed by atoms with Gasteiger partial charge in [-0.15, -0.1) is 0 Å². The quantitative estimate of drug-likeness (QED) is 0.149. The summed E-state index contributed by atoms with van der Waals surface area (Å²) in [5.74, 6) is 0. The summed E-state index contributed by atoms with van der Waals surface area (Å²) in [6, 6.07) is 87.6. The molecule has 0 amide bonds. The zero-order chi connectivity index (χ0) is 42.8. The van der Waals surface area contributed by atoms with E-state index in [0.29, 0.717) is 0 Å². The highest BCUT2D eigenvalue weighted by atomic mass is 16.3. The molecule has 0 saturated heterocycles. The minimum absolute atomic E-state index is 0.886. The van der Waals surface area contributed by atoms with Crippen LogP contribution < -0.4 is 4.90 Å². The van der Waals surface area contributed by atoms with Crippen LogP contribution in [0.3, 0.4) is 0 Å². The van der Waals surface area contributed by atoms with Gasteiger partial charge in [0.2, 0.25) is 0 Å². The lowest BCUT2D eigenvalue weighted by molar-refractivity contribution is 0.670. The Morgan fingerprint density at radius 2 is 0.831 bits per heavy atom. The largest absolute Gasteiger partial charge is 0.455 e. The maximum atomic E-state index is 6.65. The third-order valence-corrected chi connectivity index (χ3v) is 13.2. The Balaban J connectivity index is 0.975. The molecule has 0 N–H and O–H groups in total. The molecular formula is C62H40N2O. The lowest BCUT2D eigenvalue weighted by Crippen LogP contribution is -2.11. The lowest BCUT2D eigenvalue weighted by atomic mass is 9.93. The summed E-state index contributed by atoms with van der Waals surface area (Å²) in [5, 5.41) is 9.75. The van der Waals surface area contributed by atoms with E-state index in [0.717, 1.165) is 61.4 Å². The molecule has 3 nitrogen and oxygen atoms in total. The minimum Gasteiger partial charge on any atom is -0.455 e. The van der Waals surface area contributed by atoms with Crippen LogP contribution in [0.5, 0.6) is 0 Å². The first-order chi connectivity index (χ1) is 32.3. The number of para-hydroxylation sites is 6. The second-order valence-electron chi connectivity index (χ2n) is 16.8. The van der Waals surface area contributed by atoms with Crippen molar-refractivity contribution in [2.24, 2.45) is 0 Å². The molecule has 0 spiro atoms. The van der Waals surface area contributed by atoms with Crippen molar-refractivity contribution in [3.8, 4) is 39.1 Å². The Bertz CT molecular complexity index is 3900. The highest BCUT2D eigenvalue weighted by Gasteiger charge is 2.22. The van der Waals surface area contributed by atoms with Crippen molar-refractivity contribution >= 4 is 82.4 Å². The zero-order valence-electron chi connectivity index (χ0n) is 35.4. The Kier molecular flexibility index (Phi) is 8.53. The van der Waals surface area contributed by atoms with E-state index < -0.39 is 0 Å². The molecule has 0 bridgehead atoms. The van der Waals surface area contributed by atoms with Crippen LogP contribution in [0.1, 0.15) is 0 Å². The summed E-state index contributed by atoms with van der Waals surface area (Å²) in [6.45, 7) is 0. The first kappa shape index (κ1) is 36.9. The number of hydrogen-bond acceptors (Lipinski definition) is 2. The fourth-order valence-corrected chi connectivity index (χ4v) is 10.3. The second kappa shape index (κ2) is 15.0. The fourth-order valence-electron chi connectivity index (χ4n) is 10.3. The van der Waals surface area contributed by atoms with Crippen molar-refractivity contribution in [1.82, 2.24) is 4.57 Å². The first-order valence-corrected chi connectivity index (χ1v) is 22.3. The van der Waals surface area contributed by atoms with Gasteiger partial charge in [-0.05, 0) is 98.9 Å². The third kappa shape index (κ3) is 5.97. The topological polar surface area (TPSA) is 21.3 Å². The van der Waals surface area contributed by atoms with Crippen LogP contribution in [0.25, 0.3) is 104 Å². The van der Waals surface area contributed by atoms with Crippen molar-refractivity contribution in [2.75, 3.05) is 4.90 Å². The van der Waals surface area contributed by atoms with Gasteiger partial charge in [0.15, 0.2) is 0 Å². The number of benzene rings is 11. The van der Waals surface area contributed by atoms with Crippen molar-refractivity contribution < 1.29 is 4.42 Å². The molecule has 0 fully saturated rings. The molecule has 2 heterocycles. The number of nitrogens with zero attached hydrogens (tertiary/aromatic N) is 2. The molecule has 0 unspecified atom stereocenters. The summed E-state index contributed by atoms with van der Waals surface area (Å²) in [5.41, 5.74) is 15.3. The molecule has 3 heteroatoms. The number of aromatic nitrogens is 1. The molecule has 0 radical (unpaired) electrons. The molecule has 13 rings (SSSR count). The van der Waals surface area contributed by atoms with Crippen LogP contribution in [0, 0.1) is 0 Å². The molecule has 13 aromatic rings. The maximum Gasteiger partial charge on any atom is 0.143 e. The Morgan fingerprint density at radius 1 is 0.323 bits per heavy atom. The predicted octanol–water partition coefficient (Wildman–Crippen LogP) is 17.5. The normalized spacial score (nSPS) is 11.7. The van der Waals surface area contributed by atoms with Gasteiger partial charge in [-0.1, -0.05) is 182 Å². The van der Waals surface area contributed by atoms with Crippen molar-refractivity contribution in [3.63, 3.8) is 0 Å². The van der Waals surface area contributed by atoms with Gasteiger partial charge in [0, 0.05) is 49.6 Å². The van der Waals surface area contributed by atoms with E-state index in [4.69, 9.17) is 4.42 Å². The predicted molar refractivity (Wildman–Crippen MR) is 274 cm³/mol. The molecule has 0 aliphatic rings. The molecule has 0 aliphatic carbocycles. The number of fused-ring (bicyclic) bond motifs is 9. The lowest BCUT2D eigenvalue weighted by Gasteiger charge is -2.28. The fraction of sp³-hybridized carbons (Fsp3) is 0. The molecule has 0 aliphatic heterocycles. The Morgan fingerprint density at radius 3 is 1.55 bits per heavy atom. The van der Waals surface area contributed by atoms with E-state index in [9.17, 15) is 0 Å². The van der Waals surface area contributed by atoms with Gasteiger partial charge in [0.05, 0.1) is 22.4 Å². The maximum absolute atomic E-state index is 6.65. The van der Waals surface area contributed by atoms with Gasteiger partial charge >= 0.3 is 0 Å². The van der Waals surface area contributed by atoms with Gasteiger partial charge in [0.1, 0.15) is 11.2 Å². The number of anilines is 3. The standard InChI is InChI=1S/C62H40N2O/c1-2-17-46-43(16-1)40-56(49-20-4-3-19-48(46)49)42-34-38-45(39-35-42)63(58-28-11-8-23-52(58)54-25-15-26-55-53-24-9-14-31-61(53)65-62(54)55)44-36-32-41(33-37-44)47-18-5-10-27-57(47)64-59-29-12-6-21-50(59)51-22-7-13-30-60(51)64/h1-40H. The average Bonchev–Trinajstić information content (AvgIpc) is 3.93. The van der Waals surface area contributed by atoms with Gasteiger partial charge < -0.3 is 13.9 Å². The van der Waals surface area contributed by atoms with E-state index in [1.807, 2.05) is 6.07 Å². The van der Waals surface area contributed by atoms with Crippen molar-refractivity contribution in [2.45, 2.75) is 0 Å². The molecule has 304 valence electrons. The van der Waals surface area contributed by atoms with Crippen molar-refractivity contribution in [3.05, 3.63) is 243 Å². The molecule has 0 atom stereocenters. The molecule has 11 aromatic carbocycles. The molecular weight excluding hydrogens is 789 g/mol. The summed E-state index contributed by atoms with van der Waals surface area (Å²) >= 11 is 0. The van der Waals surface area contributed by atoms with E-state index >= 15 is 0 Å². The van der Waals surface area contributed by atoms with E-state index in [1.165, 1.54) is 60.0 Å². The molecule has 0 saturated carbocycles. The first-order valence-electron chi connectivity index (χ1n) is 22.3. The molecule has 2 aromatic heterocycles. The summed E-state index contributed by atoms with van der Waals surface area (Å²) in [7, 11) is 0. The highest BCUT2D eigenvalue weighted by molar-refractivity contribution is 6.14. The van der Waals surface area contributed by atoms with E-state index in [2.05, 4.69) is 246 Å². The van der Waals surface area contributed by atoms with Gasteiger partial charge in [-0.25, -0.2) is 0 Å². The monoisotopic (exact) mass is 828 g/mol. The summed E-state index contributed by atoms with van der Waals surface area (Å²) < 4.78 is 9.07. The van der Waals surface area contributed by atoms with Crippen LogP contribution in [-0.2, 0) is 0 Å². The smallest absolute Gasteiger partial charge is 0.143 e. The summed E-state index contributed by atoms with van der Waals surface area (Å²) in [6.07, 6.45) is 0. The van der Waals surface area contributed by atoms with Crippen LogP contribution >= 0.6 is 0 Å². The van der Waals surface area contributed by atoms with Crippen LogP contribution in [-0.4, -0.2) is 4.57 Å². The van der Waals surface area contributed by atoms with Crippen LogP contribution in [0.2, 0.25) is 0 Å².